The second kappa shape index (κ2) is 7.41. The molecule has 4 saturated carbocycles. The van der Waals surface area contributed by atoms with Crippen molar-refractivity contribution in [2.45, 2.75) is 57.4 Å². The van der Waals surface area contributed by atoms with Crippen LogP contribution in [0.25, 0.3) is 0 Å². The van der Waals surface area contributed by atoms with Crippen molar-refractivity contribution in [1.29, 1.82) is 0 Å². The fourth-order valence-corrected chi connectivity index (χ4v) is 7.30. The Morgan fingerprint density at radius 2 is 1.75 bits per heavy atom. The van der Waals surface area contributed by atoms with Gasteiger partial charge in [-0.25, -0.2) is 4.98 Å². The zero-order chi connectivity index (χ0) is 19.1. The molecule has 2 heterocycles. The number of rotatable bonds is 5. The van der Waals surface area contributed by atoms with Gasteiger partial charge in [-0.15, -0.1) is 11.3 Å². The first kappa shape index (κ1) is 18.6. The van der Waals surface area contributed by atoms with Crippen molar-refractivity contribution in [2.75, 3.05) is 25.0 Å². The number of piperidine rings is 1. The maximum absolute atomic E-state index is 13.2. The minimum Gasteiger partial charge on any atom is -0.352 e. The van der Waals surface area contributed by atoms with Crippen LogP contribution in [-0.2, 0) is 9.59 Å². The van der Waals surface area contributed by atoms with Crippen LogP contribution in [-0.4, -0.2) is 42.5 Å². The Labute approximate surface area is 170 Å². The Balaban J connectivity index is 1.10. The Morgan fingerprint density at radius 1 is 1.11 bits per heavy atom. The van der Waals surface area contributed by atoms with Gasteiger partial charge >= 0.3 is 0 Å². The molecule has 5 aliphatic rings. The fraction of sp³-hybridized carbons (Fsp3) is 0.762. The fourth-order valence-electron chi connectivity index (χ4n) is 6.75. The van der Waals surface area contributed by atoms with Gasteiger partial charge in [0.1, 0.15) is 0 Å². The smallest absolute Gasteiger partial charge is 0.281 e. The normalized spacial score (nSPS) is 38.9. The second-order valence-electron chi connectivity index (χ2n) is 9.76. The summed E-state index contributed by atoms with van der Waals surface area (Å²) in [5.41, 5.74) is -0.0493. The van der Waals surface area contributed by atoms with Gasteiger partial charge in [0.15, 0.2) is 11.7 Å². The van der Waals surface area contributed by atoms with Gasteiger partial charge in [-0.2, -0.15) is 0 Å². The molecule has 1 saturated heterocycles. The minimum atomic E-state index is -0.0493. The molecule has 152 valence electrons. The van der Waals surface area contributed by atoms with Crippen LogP contribution in [0.1, 0.15) is 51.4 Å². The van der Waals surface area contributed by atoms with Crippen LogP contribution in [0.4, 0.5) is 5.13 Å². The Hall–Kier alpha value is -1.47. The molecule has 3 N–H and O–H groups in total. The van der Waals surface area contributed by atoms with Crippen molar-refractivity contribution >= 4 is 28.3 Å². The predicted molar refractivity (Wildman–Crippen MR) is 108 cm³/mol. The second-order valence-corrected chi connectivity index (χ2v) is 10.7. The van der Waals surface area contributed by atoms with E-state index in [2.05, 4.69) is 15.6 Å². The average molecular weight is 404 g/mol. The van der Waals surface area contributed by atoms with E-state index < -0.39 is 0 Å². The van der Waals surface area contributed by atoms with Crippen LogP contribution >= 0.6 is 11.3 Å². The first-order valence-electron chi connectivity index (χ1n) is 10.9. The zero-order valence-corrected chi connectivity index (χ0v) is 17.2. The summed E-state index contributed by atoms with van der Waals surface area (Å²) in [6, 6.07) is 0.284. The summed E-state index contributed by atoms with van der Waals surface area (Å²) in [4.78, 5) is 30.8. The molecule has 0 atom stereocenters. The summed E-state index contributed by atoms with van der Waals surface area (Å²) >= 11 is 1.44. The number of carbonyl (C=O) groups excluding carboxylic acids is 2. The lowest BCUT2D eigenvalue weighted by atomic mass is 9.49. The first-order valence-corrected chi connectivity index (χ1v) is 11.8. The maximum Gasteiger partial charge on any atom is 0.281 e. The van der Waals surface area contributed by atoms with Crippen LogP contribution in [0.2, 0.25) is 0 Å². The molecule has 6 nitrogen and oxygen atoms in total. The molecule has 1 aliphatic heterocycles. The van der Waals surface area contributed by atoms with Crippen molar-refractivity contribution in [3.05, 3.63) is 11.6 Å². The Morgan fingerprint density at radius 3 is 2.32 bits per heavy atom. The monoisotopic (exact) mass is 403 g/mol. The number of aromatic nitrogens is 1. The molecule has 1 aromatic rings. The third kappa shape index (κ3) is 3.71. The van der Waals surface area contributed by atoms with Gasteiger partial charge in [0.2, 0.25) is 5.91 Å². The Kier molecular flexibility index (Phi) is 4.91. The number of hydrogen-bond donors (Lipinski definition) is 3. The third-order valence-corrected chi connectivity index (χ3v) is 8.33. The van der Waals surface area contributed by atoms with Crippen LogP contribution in [0.15, 0.2) is 11.6 Å². The first-order chi connectivity index (χ1) is 13.6. The molecule has 4 aliphatic carbocycles. The number of hydrogen-bond acceptors (Lipinski definition) is 4. The summed E-state index contributed by atoms with van der Waals surface area (Å²) in [5, 5.41) is 8.82. The van der Waals surface area contributed by atoms with Crippen molar-refractivity contribution in [3.63, 3.8) is 0 Å². The number of quaternary nitrogens is 1. The van der Waals surface area contributed by atoms with Crippen molar-refractivity contribution in [3.8, 4) is 0 Å². The molecule has 2 amide bonds. The van der Waals surface area contributed by atoms with Gasteiger partial charge in [-0.3, -0.25) is 14.9 Å². The van der Waals surface area contributed by atoms with Crippen LogP contribution in [0, 0.1) is 23.2 Å². The molecule has 0 aromatic carbocycles. The Bertz CT molecular complexity index is 691. The lowest BCUT2D eigenvalue weighted by Gasteiger charge is -2.56. The molecule has 1 aromatic heterocycles. The number of carbonyl (C=O) groups is 2. The summed E-state index contributed by atoms with van der Waals surface area (Å²) < 4.78 is 0. The number of thiazole rings is 1. The van der Waals surface area contributed by atoms with Crippen molar-refractivity contribution in [1.82, 2.24) is 10.3 Å². The van der Waals surface area contributed by atoms with Gasteiger partial charge in [0.05, 0.1) is 13.1 Å². The summed E-state index contributed by atoms with van der Waals surface area (Å²) in [5.74, 6) is 2.79. The van der Waals surface area contributed by atoms with Gasteiger partial charge in [0.25, 0.3) is 5.91 Å². The predicted octanol–water partition coefficient (Wildman–Crippen LogP) is 1.46. The van der Waals surface area contributed by atoms with Gasteiger partial charge in [0, 0.05) is 35.9 Å². The van der Waals surface area contributed by atoms with E-state index in [9.17, 15) is 9.59 Å². The summed E-state index contributed by atoms with van der Waals surface area (Å²) in [6.07, 6.45) is 11.1. The molecule has 28 heavy (non-hydrogen) atoms. The highest BCUT2D eigenvalue weighted by Gasteiger charge is 2.54. The summed E-state index contributed by atoms with van der Waals surface area (Å²) in [7, 11) is 0. The van der Waals surface area contributed by atoms with E-state index in [0.29, 0.717) is 17.6 Å². The number of nitrogens with one attached hydrogen (secondary N) is 3. The molecule has 0 unspecified atom stereocenters. The lowest BCUT2D eigenvalue weighted by Crippen LogP contribution is -3.14. The molecule has 6 rings (SSSR count). The minimum absolute atomic E-state index is 0.0287. The SMILES string of the molecule is O=C(C[NH+]1CCC(NC(=O)C23CC4CC(CC(C4)C2)C3)CC1)Nc1nccs1. The van der Waals surface area contributed by atoms with Crippen LogP contribution < -0.4 is 15.5 Å². The van der Waals surface area contributed by atoms with Crippen molar-refractivity contribution in [2.24, 2.45) is 23.2 Å². The third-order valence-electron chi connectivity index (χ3n) is 7.64. The highest BCUT2D eigenvalue weighted by atomic mass is 32.1. The van der Waals surface area contributed by atoms with Crippen LogP contribution in [0.3, 0.4) is 0 Å². The van der Waals surface area contributed by atoms with E-state index in [0.717, 1.165) is 62.9 Å². The quantitative estimate of drug-likeness (QED) is 0.697. The largest absolute Gasteiger partial charge is 0.352 e. The molecule has 4 bridgehead atoms. The molecule has 0 radical (unpaired) electrons. The number of nitrogens with zero attached hydrogens (tertiary/aromatic N) is 1. The number of anilines is 1. The van der Waals surface area contributed by atoms with E-state index in [1.54, 1.807) is 6.20 Å². The highest BCUT2D eigenvalue weighted by Crippen LogP contribution is 2.60. The topological polar surface area (TPSA) is 75.5 Å². The number of likely N-dealkylation sites (tertiary alicyclic amines) is 1. The van der Waals surface area contributed by atoms with E-state index >= 15 is 0 Å². The molecule has 7 heteroatoms. The summed E-state index contributed by atoms with van der Waals surface area (Å²) in [6.45, 7) is 2.36. The standard InChI is InChI=1S/C21H30N4O2S/c26-18(24-20-22-3-6-28-20)13-25-4-1-17(2-5-25)23-19(27)21-10-14-7-15(11-21)9-16(8-14)12-21/h3,6,14-17H,1-2,4-5,7-13H2,(H,23,27)(H,22,24,26)/p+1. The van der Waals surface area contributed by atoms with Gasteiger partial charge < -0.3 is 10.2 Å². The van der Waals surface area contributed by atoms with Gasteiger partial charge in [-0.1, -0.05) is 0 Å². The molecular formula is C21H31N4O2S+. The average Bonchev–Trinajstić information content (AvgIpc) is 3.15. The van der Waals surface area contributed by atoms with E-state index in [1.807, 2.05) is 5.38 Å². The van der Waals surface area contributed by atoms with E-state index in [1.165, 1.54) is 35.5 Å². The molecule has 0 spiro atoms. The lowest BCUT2D eigenvalue weighted by molar-refractivity contribution is -0.897. The number of amides is 2. The van der Waals surface area contributed by atoms with Gasteiger partial charge in [-0.05, 0) is 56.3 Å². The van der Waals surface area contributed by atoms with E-state index in [-0.39, 0.29) is 17.4 Å². The highest BCUT2D eigenvalue weighted by molar-refractivity contribution is 7.13. The van der Waals surface area contributed by atoms with Crippen molar-refractivity contribution < 1.29 is 14.5 Å². The van der Waals surface area contributed by atoms with Crippen LogP contribution in [0.5, 0.6) is 0 Å². The molecular weight excluding hydrogens is 372 g/mol. The zero-order valence-electron chi connectivity index (χ0n) is 16.4. The van der Waals surface area contributed by atoms with E-state index in [4.69, 9.17) is 0 Å². The molecule has 5 fully saturated rings. The maximum atomic E-state index is 13.2.